The van der Waals surface area contributed by atoms with E-state index in [1.165, 1.54) is 0 Å². The topological polar surface area (TPSA) is 57.3 Å². The van der Waals surface area contributed by atoms with Crippen LogP contribution in [-0.4, -0.2) is 48.5 Å². The van der Waals surface area contributed by atoms with E-state index in [2.05, 4.69) is 31.5 Å². The summed E-state index contributed by atoms with van der Waals surface area (Å²) in [5.41, 5.74) is 0. The highest BCUT2D eigenvalue weighted by molar-refractivity contribution is 9.10. The molecule has 0 aliphatic carbocycles. The summed E-state index contributed by atoms with van der Waals surface area (Å²) in [6.07, 6.45) is 1.75. The lowest BCUT2D eigenvalue weighted by atomic mass is 10.1. The van der Waals surface area contributed by atoms with E-state index >= 15 is 0 Å². The predicted octanol–water partition coefficient (Wildman–Crippen LogP) is 1.84. The van der Waals surface area contributed by atoms with Gasteiger partial charge in [-0.15, -0.1) is 0 Å². The minimum Gasteiger partial charge on any atom is -0.360 e. The third kappa shape index (κ3) is 3.16. The molecule has 2 N–H and O–H groups in total. The molecule has 2 aromatic rings. The first-order valence-corrected chi connectivity index (χ1v) is 7.80. The standard InChI is InChI=1S/C15H17BrN4O/c16-13-3-1-2-12-11(13)4-5-18-15(12)19-10-14(21)20-8-6-17-7-9-20/h1-5,17H,6-10H2,(H,18,19). The summed E-state index contributed by atoms with van der Waals surface area (Å²) in [7, 11) is 0. The van der Waals surface area contributed by atoms with Crippen molar-refractivity contribution in [1.29, 1.82) is 0 Å². The number of hydrogen-bond donors (Lipinski definition) is 2. The number of carbonyl (C=O) groups excluding carboxylic acids is 1. The van der Waals surface area contributed by atoms with Crippen molar-refractivity contribution >= 4 is 38.4 Å². The number of fused-ring (bicyclic) bond motifs is 1. The number of piperazine rings is 1. The number of hydrogen-bond acceptors (Lipinski definition) is 4. The minimum atomic E-state index is 0.116. The smallest absolute Gasteiger partial charge is 0.242 e. The summed E-state index contributed by atoms with van der Waals surface area (Å²) in [6, 6.07) is 7.93. The van der Waals surface area contributed by atoms with Crippen molar-refractivity contribution in [2.45, 2.75) is 0 Å². The van der Waals surface area contributed by atoms with Gasteiger partial charge in [0, 0.05) is 47.6 Å². The number of aromatic nitrogens is 1. The molecule has 6 heteroatoms. The normalized spacial score (nSPS) is 15.2. The van der Waals surface area contributed by atoms with Crippen molar-refractivity contribution in [1.82, 2.24) is 15.2 Å². The molecule has 1 amide bonds. The number of rotatable bonds is 3. The maximum atomic E-state index is 12.2. The monoisotopic (exact) mass is 348 g/mol. The van der Waals surface area contributed by atoms with E-state index in [0.717, 1.165) is 47.2 Å². The molecule has 0 atom stereocenters. The third-order valence-electron chi connectivity index (χ3n) is 3.63. The molecule has 2 heterocycles. The number of halogens is 1. The second-order valence-corrected chi connectivity index (χ2v) is 5.83. The largest absolute Gasteiger partial charge is 0.360 e. The average molecular weight is 349 g/mol. The predicted molar refractivity (Wildman–Crippen MR) is 87.4 cm³/mol. The SMILES string of the molecule is O=C(CNc1nccc2c(Br)cccc12)N1CCNCC1. The molecule has 0 bridgehead atoms. The lowest BCUT2D eigenvalue weighted by Gasteiger charge is -2.27. The van der Waals surface area contributed by atoms with Gasteiger partial charge in [-0.25, -0.2) is 4.98 Å². The van der Waals surface area contributed by atoms with Gasteiger partial charge < -0.3 is 15.5 Å². The van der Waals surface area contributed by atoms with Crippen LogP contribution in [0.15, 0.2) is 34.9 Å². The minimum absolute atomic E-state index is 0.116. The van der Waals surface area contributed by atoms with Crippen LogP contribution in [0.25, 0.3) is 10.8 Å². The van der Waals surface area contributed by atoms with Gasteiger partial charge in [0.1, 0.15) is 5.82 Å². The lowest BCUT2D eigenvalue weighted by Crippen LogP contribution is -2.48. The maximum Gasteiger partial charge on any atom is 0.242 e. The molecule has 1 fully saturated rings. The summed E-state index contributed by atoms with van der Waals surface area (Å²) in [4.78, 5) is 18.4. The number of nitrogens with one attached hydrogen (secondary N) is 2. The van der Waals surface area contributed by atoms with Gasteiger partial charge in [0.2, 0.25) is 5.91 Å². The van der Waals surface area contributed by atoms with Gasteiger partial charge in [-0.2, -0.15) is 0 Å². The van der Waals surface area contributed by atoms with Gasteiger partial charge in [-0.1, -0.05) is 28.1 Å². The number of anilines is 1. The van der Waals surface area contributed by atoms with E-state index in [1.54, 1.807) is 6.20 Å². The first-order chi connectivity index (χ1) is 10.3. The van der Waals surface area contributed by atoms with Crippen LogP contribution in [0.2, 0.25) is 0 Å². The molecule has 1 saturated heterocycles. The van der Waals surface area contributed by atoms with Crippen LogP contribution in [0.1, 0.15) is 0 Å². The average Bonchev–Trinajstić information content (AvgIpc) is 2.54. The van der Waals surface area contributed by atoms with Crippen molar-refractivity contribution < 1.29 is 4.79 Å². The second-order valence-electron chi connectivity index (χ2n) is 4.98. The van der Waals surface area contributed by atoms with E-state index in [0.29, 0.717) is 0 Å². The fourth-order valence-corrected chi connectivity index (χ4v) is 2.99. The number of nitrogens with zero attached hydrogens (tertiary/aromatic N) is 2. The zero-order valence-electron chi connectivity index (χ0n) is 11.6. The Morgan fingerprint density at radius 2 is 2.10 bits per heavy atom. The zero-order valence-corrected chi connectivity index (χ0v) is 13.2. The maximum absolute atomic E-state index is 12.2. The molecule has 0 spiro atoms. The summed E-state index contributed by atoms with van der Waals surface area (Å²) >= 11 is 3.54. The van der Waals surface area contributed by atoms with E-state index in [1.807, 2.05) is 29.2 Å². The number of pyridine rings is 1. The van der Waals surface area contributed by atoms with Crippen LogP contribution in [0.4, 0.5) is 5.82 Å². The summed E-state index contributed by atoms with van der Waals surface area (Å²) in [6.45, 7) is 3.55. The third-order valence-corrected chi connectivity index (χ3v) is 4.32. The fraction of sp³-hybridized carbons (Fsp3) is 0.333. The highest BCUT2D eigenvalue weighted by Crippen LogP contribution is 2.27. The van der Waals surface area contributed by atoms with Crippen LogP contribution in [-0.2, 0) is 4.79 Å². The van der Waals surface area contributed by atoms with Crippen molar-refractivity contribution in [3.8, 4) is 0 Å². The molecule has 21 heavy (non-hydrogen) atoms. The number of amides is 1. The van der Waals surface area contributed by atoms with Crippen LogP contribution in [0.3, 0.4) is 0 Å². The van der Waals surface area contributed by atoms with E-state index in [-0.39, 0.29) is 12.5 Å². The molecule has 3 rings (SSSR count). The Labute approximate surface area is 131 Å². The molecule has 0 unspecified atom stereocenters. The fourth-order valence-electron chi connectivity index (χ4n) is 2.50. The van der Waals surface area contributed by atoms with Gasteiger partial charge in [0.05, 0.1) is 6.54 Å². The molecule has 1 aromatic carbocycles. The van der Waals surface area contributed by atoms with E-state index < -0.39 is 0 Å². The molecular weight excluding hydrogens is 332 g/mol. The number of carbonyl (C=O) groups is 1. The van der Waals surface area contributed by atoms with Gasteiger partial charge in [0.25, 0.3) is 0 Å². The summed E-state index contributed by atoms with van der Waals surface area (Å²) in [5, 5.41) is 8.51. The molecule has 110 valence electrons. The molecule has 1 aromatic heterocycles. The zero-order chi connectivity index (χ0) is 14.7. The van der Waals surface area contributed by atoms with Gasteiger partial charge in [0.15, 0.2) is 0 Å². The summed E-state index contributed by atoms with van der Waals surface area (Å²) < 4.78 is 1.03. The quantitative estimate of drug-likeness (QED) is 0.888. The first-order valence-electron chi connectivity index (χ1n) is 7.01. The van der Waals surface area contributed by atoms with Crippen LogP contribution >= 0.6 is 15.9 Å². The highest BCUT2D eigenvalue weighted by Gasteiger charge is 2.16. The summed E-state index contributed by atoms with van der Waals surface area (Å²) in [5.74, 6) is 0.864. The van der Waals surface area contributed by atoms with Crippen LogP contribution < -0.4 is 10.6 Å². The van der Waals surface area contributed by atoms with Crippen molar-refractivity contribution in [3.05, 3.63) is 34.9 Å². The van der Waals surface area contributed by atoms with Gasteiger partial charge >= 0.3 is 0 Å². The Bertz CT molecular complexity index is 655. The Morgan fingerprint density at radius 3 is 2.90 bits per heavy atom. The second kappa shape index (κ2) is 6.41. The van der Waals surface area contributed by atoms with Crippen LogP contribution in [0.5, 0.6) is 0 Å². The van der Waals surface area contributed by atoms with Crippen molar-refractivity contribution in [2.75, 3.05) is 38.0 Å². The molecule has 1 aliphatic heterocycles. The molecule has 5 nitrogen and oxygen atoms in total. The highest BCUT2D eigenvalue weighted by atomic mass is 79.9. The van der Waals surface area contributed by atoms with Gasteiger partial charge in [-0.05, 0) is 12.1 Å². The van der Waals surface area contributed by atoms with Crippen molar-refractivity contribution in [2.24, 2.45) is 0 Å². The molecule has 1 aliphatic rings. The van der Waals surface area contributed by atoms with Crippen molar-refractivity contribution in [3.63, 3.8) is 0 Å². The number of benzene rings is 1. The van der Waals surface area contributed by atoms with Gasteiger partial charge in [-0.3, -0.25) is 4.79 Å². The molecular formula is C15H17BrN4O. The Kier molecular flexibility index (Phi) is 4.36. The molecule has 0 radical (unpaired) electrons. The Balaban J connectivity index is 1.73. The first kappa shape index (κ1) is 14.3. The Hall–Kier alpha value is -1.66. The molecule has 0 saturated carbocycles. The van der Waals surface area contributed by atoms with E-state index in [4.69, 9.17) is 0 Å². The Morgan fingerprint density at radius 1 is 1.29 bits per heavy atom. The van der Waals surface area contributed by atoms with E-state index in [9.17, 15) is 4.79 Å². The lowest BCUT2D eigenvalue weighted by molar-refractivity contribution is -0.129. The van der Waals surface area contributed by atoms with Crippen LogP contribution in [0, 0.1) is 0 Å².